The number of aliphatic hydroxyl groups excluding tert-OH is 1. The molecule has 2 amide bonds. The Balaban J connectivity index is 1.83. The lowest BCUT2D eigenvalue weighted by Gasteiger charge is -2.23. The topological polar surface area (TPSA) is 64.6 Å². The van der Waals surface area contributed by atoms with E-state index in [1.165, 1.54) is 31.4 Å². The molecule has 5 heteroatoms. The fourth-order valence-corrected chi connectivity index (χ4v) is 2.95. The van der Waals surface area contributed by atoms with Crippen LogP contribution in [0.4, 0.5) is 16.2 Å². The average molecular weight is 333 g/mol. The second-order valence-electron chi connectivity index (χ2n) is 6.93. The number of aliphatic hydroxyl groups is 1. The first kappa shape index (κ1) is 18.6. The van der Waals surface area contributed by atoms with Crippen LogP contribution >= 0.6 is 0 Å². The number of carbonyl (C=O) groups is 1. The number of amides is 2. The third kappa shape index (κ3) is 6.04. The Bertz CT molecular complexity index is 511. The van der Waals surface area contributed by atoms with Gasteiger partial charge >= 0.3 is 6.03 Å². The Labute approximate surface area is 145 Å². The highest BCUT2D eigenvalue weighted by Gasteiger charge is 2.12. The van der Waals surface area contributed by atoms with Crippen LogP contribution in [0.3, 0.4) is 0 Å². The lowest BCUT2D eigenvalue weighted by Crippen LogP contribution is -2.32. The molecular formula is C19H31N3O2. The summed E-state index contributed by atoms with van der Waals surface area (Å²) in [6.45, 7) is 6.58. The maximum Gasteiger partial charge on any atom is 0.319 e. The smallest absolute Gasteiger partial charge is 0.319 e. The van der Waals surface area contributed by atoms with Crippen molar-refractivity contribution in [2.24, 2.45) is 5.92 Å². The molecule has 0 aliphatic carbocycles. The van der Waals surface area contributed by atoms with Gasteiger partial charge in [-0.1, -0.05) is 32.8 Å². The second kappa shape index (κ2) is 9.52. The molecule has 3 N–H and O–H groups in total. The summed E-state index contributed by atoms with van der Waals surface area (Å²) in [5, 5.41) is 15.4. The van der Waals surface area contributed by atoms with E-state index < -0.39 is 0 Å². The third-order valence-corrected chi connectivity index (χ3v) is 4.57. The van der Waals surface area contributed by atoms with E-state index in [4.69, 9.17) is 0 Å². The molecular weight excluding hydrogens is 302 g/mol. The average Bonchev–Trinajstić information content (AvgIpc) is 2.84. The summed E-state index contributed by atoms with van der Waals surface area (Å²) in [5.41, 5.74) is 1.98. The zero-order valence-corrected chi connectivity index (χ0v) is 14.9. The van der Waals surface area contributed by atoms with E-state index in [0.29, 0.717) is 13.0 Å². The largest absolute Gasteiger partial charge is 0.393 e. The van der Waals surface area contributed by atoms with Gasteiger partial charge in [0.1, 0.15) is 0 Å². The third-order valence-electron chi connectivity index (χ3n) is 4.57. The van der Waals surface area contributed by atoms with Gasteiger partial charge in [-0.2, -0.15) is 0 Å². The quantitative estimate of drug-likeness (QED) is 0.745. The molecule has 0 bridgehead atoms. The van der Waals surface area contributed by atoms with Gasteiger partial charge in [0, 0.05) is 31.0 Å². The van der Waals surface area contributed by atoms with Crippen LogP contribution in [-0.4, -0.2) is 36.9 Å². The van der Waals surface area contributed by atoms with Crippen LogP contribution in [-0.2, 0) is 0 Å². The van der Waals surface area contributed by atoms with Crippen LogP contribution in [0.15, 0.2) is 24.3 Å². The van der Waals surface area contributed by atoms with Gasteiger partial charge in [-0.05, 0) is 43.4 Å². The SMILES string of the molecule is CC(C)C(O)CCNC(=O)Nc1cccc(N2CCCCCC2)c1. The van der Waals surface area contributed by atoms with Crippen molar-refractivity contribution in [2.75, 3.05) is 29.9 Å². The molecule has 1 heterocycles. The van der Waals surface area contributed by atoms with E-state index in [2.05, 4.69) is 21.6 Å². The summed E-state index contributed by atoms with van der Waals surface area (Å²) in [6, 6.07) is 7.81. The molecule has 1 unspecified atom stereocenters. The summed E-state index contributed by atoms with van der Waals surface area (Å²) in [6.07, 6.45) is 5.26. The molecule has 1 aliphatic heterocycles. The first-order valence-corrected chi connectivity index (χ1v) is 9.14. The highest BCUT2D eigenvalue weighted by molar-refractivity contribution is 5.89. The Morgan fingerprint density at radius 1 is 1.21 bits per heavy atom. The highest BCUT2D eigenvalue weighted by Crippen LogP contribution is 2.22. The summed E-state index contributed by atoms with van der Waals surface area (Å²) < 4.78 is 0. The first-order chi connectivity index (χ1) is 11.6. The van der Waals surface area contributed by atoms with Crippen LogP contribution < -0.4 is 15.5 Å². The number of nitrogens with one attached hydrogen (secondary N) is 2. The minimum Gasteiger partial charge on any atom is -0.393 e. The fraction of sp³-hybridized carbons (Fsp3) is 0.632. The molecule has 0 aromatic heterocycles. The standard InChI is InChI=1S/C19H31N3O2/c1-15(2)18(23)10-11-20-19(24)21-16-8-7-9-17(14-16)22-12-5-3-4-6-13-22/h7-9,14-15,18,23H,3-6,10-13H2,1-2H3,(H2,20,21,24). The normalized spacial score (nSPS) is 16.6. The number of urea groups is 1. The summed E-state index contributed by atoms with van der Waals surface area (Å²) in [5.74, 6) is 0.208. The molecule has 0 radical (unpaired) electrons. The minimum absolute atomic E-state index is 0.208. The predicted molar refractivity (Wildman–Crippen MR) is 99.6 cm³/mol. The van der Waals surface area contributed by atoms with Crippen LogP contribution in [0.25, 0.3) is 0 Å². The van der Waals surface area contributed by atoms with Crippen molar-refractivity contribution in [1.29, 1.82) is 0 Å². The zero-order valence-electron chi connectivity index (χ0n) is 14.9. The number of benzene rings is 1. The molecule has 1 fully saturated rings. The Hall–Kier alpha value is -1.75. The summed E-state index contributed by atoms with van der Waals surface area (Å²) in [4.78, 5) is 14.4. The zero-order chi connectivity index (χ0) is 17.4. The maximum absolute atomic E-state index is 12.0. The fourth-order valence-electron chi connectivity index (χ4n) is 2.95. The first-order valence-electron chi connectivity index (χ1n) is 9.14. The molecule has 1 aliphatic rings. The van der Waals surface area contributed by atoms with E-state index in [1.54, 1.807) is 0 Å². The molecule has 5 nitrogen and oxygen atoms in total. The number of carbonyl (C=O) groups excluding carboxylic acids is 1. The highest BCUT2D eigenvalue weighted by atomic mass is 16.3. The van der Waals surface area contributed by atoms with E-state index in [1.807, 2.05) is 32.0 Å². The van der Waals surface area contributed by atoms with Crippen LogP contribution in [0, 0.1) is 5.92 Å². The van der Waals surface area contributed by atoms with Gasteiger partial charge in [0.05, 0.1) is 6.10 Å². The van der Waals surface area contributed by atoms with Gasteiger partial charge in [-0.25, -0.2) is 4.79 Å². The Kier molecular flexibility index (Phi) is 7.37. The van der Waals surface area contributed by atoms with Crippen LogP contribution in [0.1, 0.15) is 46.0 Å². The summed E-state index contributed by atoms with van der Waals surface area (Å²) >= 11 is 0. The van der Waals surface area contributed by atoms with Crippen molar-refractivity contribution in [3.63, 3.8) is 0 Å². The van der Waals surface area contributed by atoms with Crippen molar-refractivity contribution in [3.05, 3.63) is 24.3 Å². The maximum atomic E-state index is 12.0. The molecule has 1 aromatic carbocycles. The lowest BCUT2D eigenvalue weighted by molar-refractivity contribution is 0.117. The monoisotopic (exact) mass is 333 g/mol. The van der Waals surface area contributed by atoms with Crippen molar-refractivity contribution in [1.82, 2.24) is 5.32 Å². The van der Waals surface area contributed by atoms with Gasteiger partial charge < -0.3 is 20.6 Å². The molecule has 24 heavy (non-hydrogen) atoms. The van der Waals surface area contributed by atoms with Crippen molar-refractivity contribution in [2.45, 2.75) is 52.1 Å². The summed E-state index contributed by atoms with van der Waals surface area (Å²) in [7, 11) is 0. The number of rotatable bonds is 6. The van der Waals surface area contributed by atoms with E-state index in [-0.39, 0.29) is 18.1 Å². The van der Waals surface area contributed by atoms with Gasteiger partial charge in [-0.3, -0.25) is 0 Å². The molecule has 0 spiro atoms. The molecule has 1 saturated heterocycles. The minimum atomic E-state index is -0.378. The van der Waals surface area contributed by atoms with Gasteiger partial charge in [0.25, 0.3) is 0 Å². The predicted octanol–water partition coefficient (Wildman–Crippen LogP) is 3.60. The van der Waals surface area contributed by atoms with E-state index in [0.717, 1.165) is 18.8 Å². The Morgan fingerprint density at radius 2 is 1.92 bits per heavy atom. The van der Waals surface area contributed by atoms with Crippen molar-refractivity contribution >= 4 is 17.4 Å². The van der Waals surface area contributed by atoms with E-state index in [9.17, 15) is 9.90 Å². The molecule has 0 saturated carbocycles. The molecule has 2 rings (SSSR count). The van der Waals surface area contributed by atoms with Gasteiger partial charge in [0.15, 0.2) is 0 Å². The number of nitrogens with zero attached hydrogens (tertiary/aromatic N) is 1. The van der Waals surface area contributed by atoms with Crippen molar-refractivity contribution in [3.8, 4) is 0 Å². The van der Waals surface area contributed by atoms with Crippen LogP contribution in [0.2, 0.25) is 0 Å². The van der Waals surface area contributed by atoms with Gasteiger partial charge in [0.2, 0.25) is 0 Å². The van der Waals surface area contributed by atoms with Crippen molar-refractivity contribution < 1.29 is 9.90 Å². The number of hydrogen-bond acceptors (Lipinski definition) is 3. The Morgan fingerprint density at radius 3 is 2.58 bits per heavy atom. The van der Waals surface area contributed by atoms with Crippen LogP contribution in [0.5, 0.6) is 0 Å². The number of hydrogen-bond donors (Lipinski definition) is 3. The van der Waals surface area contributed by atoms with E-state index >= 15 is 0 Å². The molecule has 1 aromatic rings. The molecule has 1 atom stereocenters. The molecule has 134 valence electrons. The second-order valence-corrected chi connectivity index (χ2v) is 6.93. The number of anilines is 2. The lowest BCUT2D eigenvalue weighted by atomic mass is 10.0. The van der Waals surface area contributed by atoms with Gasteiger partial charge in [-0.15, -0.1) is 0 Å².